The Bertz CT molecular complexity index is 481. The monoisotopic (exact) mass is 260 g/mol. The van der Waals surface area contributed by atoms with Crippen molar-refractivity contribution in [3.8, 4) is 5.75 Å². The maximum Gasteiger partial charge on any atom is 0.125 e. The Hall–Kier alpha value is -1.47. The summed E-state index contributed by atoms with van der Waals surface area (Å²) in [6.45, 7) is 2.05. The summed E-state index contributed by atoms with van der Waals surface area (Å²) < 4.78 is 6.09. The highest BCUT2D eigenvalue weighted by Crippen LogP contribution is 2.27. The SMILES string of the molecule is Cc1ccccc1O[C@H](CCCl)c1ccccc1. The molecular formula is C16H17ClO. The van der Waals surface area contributed by atoms with E-state index >= 15 is 0 Å². The summed E-state index contributed by atoms with van der Waals surface area (Å²) >= 11 is 5.87. The molecule has 0 fully saturated rings. The molecule has 2 heteroatoms. The van der Waals surface area contributed by atoms with Crippen LogP contribution in [-0.4, -0.2) is 5.88 Å². The summed E-state index contributed by atoms with van der Waals surface area (Å²) in [4.78, 5) is 0. The van der Waals surface area contributed by atoms with E-state index < -0.39 is 0 Å². The van der Waals surface area contributed by atoms with E-state index in [2.05, 4.69) is 25.1 Å². The highest BCUT2D eigenvalue weighted by atomic mass is 35.5. The molecule has 0 aromatic heterocycles. The summed E-state index contributed by atoms with van der Waals surface area (Å²) in [5.74, 6) is 1.52. The van der Waals surface area contributed by atoms with Gasteiger partial charge in [-0.05, 0) is 24.1 Å². The topological polar surface area (TPSA) is 9.23 Å². The Morgan fingerprint density at radius 3 is 2.33 bits per heavy atom. The first kappa shape index (κ1) is 13.0. The van der Waals surface area contributed by atoms with Crippen molar-refractivity contribution in [1.29, 1.82) is 0 Å². The van der Waals surface area contributed by atoms with Crippen LogP contribution in [-0.2, 0) is 0 Å². The standard InChI is InChI=1S/C16H17ClO/c1-13-7-5-6-10-15(13)18-16(11-12-17)14-8-3-2-4-9-14/h2-10,16H,11-12H2,1H3/t16-/m1/s1. The average molecular weight is 261 g/mol. The van der Waals surface area contributed by atoms with Crippen molar-refractivity contribution < 1.29 is 4.74 Å². The van der Waals surface area contributed by atoms with Crippen LogP contribution in [0.4, 0.5) is 0 Å². The summed E-state index contributed by atoms with van der Waals surface area (Å²) in [5, 5.41) is 0. The van der Waals surface area contributed by atoms with Crippen molar-refractivity contribution in [1.82, 2.24) is 0 Å². The summed E-state index contributed by atoms with van der Waals surface area (Å²) in [6, 6.07) is 18.3. The highest BCUT2D eigenvalue weighted by Gasteiger charge is 2.13. The second kappa shape index (κ2) is 6.46. The number of aryl methyl sites for hydroxylation is 1. The molecule has 0 heterocycles. The van der Waals surface area contributed by atoms with Crippen molar-refractivity contribution in [3.63, 3.8) is 0 Å². The molecule has 0 spiro atoms. The van der Waals surface area contributed by atoms with Crippen LogP contribution in [0.1, 0.15) is 23.7 Å². The zero-order valence-electron chi connectivity index (χ0n) is 10.5. The number of hydrogen-bond donors (Lipinski definition) is 0. The minimum Gasteiger partial charge on any atom is -0.485 e. The quantitative estimate of drug-likeness (QED) is 0.706. The van der Waals surface area contributed by atoms with Crippen molar-refractivity contribution >= 4 is 11.6 Å². The third-order valence-corrected chi connectivity index (χ3v) is 3.12. The molecule has 0 aliphatic heterocycles. The number of hydrogen-bond acceptors (Lipinski definition) is 1. The lowest BCUT2D eigenvalue weighted by Crippen LogP contribution is -2.09. The van der Waals surface area contributed by atoms with Gasteiger partial charge in [-0.15, -0.1) is 11.6 Å². The van der Waals surface area contributed by atoms with Gasteiger partial charge in [-0.3, -0.25) is 0 Å². The summed E-state index contributed by atoms with van der Waals surface area (Å²) in [6.07, 6.45) is 0.824. The van der Waals surface area contributed by atoms with Crippen LogP contribution in [0.15, 0.2) is 54.6 Å². The molecule has 1 atom stereocenters. The number of halogens is 1. The maximum atomic E-state index is 6.09. The molecule has 2 aromatic rings. The van der Waals surface area contributed by atoms with Crippen molar-refractivity contribution in [2.24, 2.45) is 0 Å². The molecule has 0 unspecified atom stereocenters. The minimum atomic E-state index is 0.0183. The number of alkyl halides is 1. The second-order valence-corrected chi connectivity index (χ2v) is 4.64. The molecule has 0 aliphatic rings. The van der Waals surface area contributed by atoms with Crippen molar-refractivity contribution in [3.05, 3.63) is 65.7 Å². The van der Waals surface area contributed by atoms with E-state index in [0.717, 1.165) is 17.7 Å². The molecule has 0 N–H and O–H groups in total. The Balaban J connectivity index is 2.19. The Kier molecular flexibility index (Phi) is 4.66. The maximum absolute atomic E-state index is 6.09. The van der Waals surface area contributed by atoms with Gasteiger partial charge in [0, 0.05) is 12.3 Å². The van der Waals surface area contributed by atoms with Gasteiger partial charge in [0.05, 0.1) is 0 Å². The lowest BCUT2D eigenvalue weighted by molar-refractivity contribution is 0.201. The molecule has 2 rings (SSSR count). The fourth-order valence-corrected chi connectivity index (χ4v) is 2.10. The van der Waals surface area contributed by atoms with Crippen LogP contribution >= 0.6 is 11.6 Å². The van der Waals surface area contributed by atoms with Crippen LogP contribution in [0.5, 0.6) is 5.75 Å². The van der Waals surface area contributed by atoms with Crippen LogP contribution in [0.3, 0.4) is 0 Å². The molecule has 0 saturated heterocycles. The van der Waals surface area contributed by atoms with Crippen LogP contribution in [0.25, 0.3) is 0 Å². The van der Waals surface area contributed by atoms with E-state index in [-0.39, 0.29) is 6.10 Å². The third-order valence-electron chi connectivity index (χ3n) is 2.91. The molecule has 0 bridgehead atoms. The van der Waals surface area contributed by atoms with Gasteiger partial charge in [0.25, 0.3) is 0 Å². The Labute approximate surface area is 113 Å². The molecule has 18 heavy (non-hydrogen) atoms. The van der Waals surface area contributed by atoms with Gasteiger partial charge >= 0.3 is 0 Å². The predicted octanol–water partition coefficient (Wildman–Crippen LogP) is 4.74. The average Bonchev–Trinajstić information content (AvgIpc) is 2.42. The molecule has 94 valence electrons. The molecule has 0 saturated carbocycles. The zero-order valence-corrected chi connectivity index (χ0v) is 11.2. The third kappa shape index (κ3) is 3.27. The lowest BCUT2D eigenvalue weighted by atomic mass is 10.1. The van der Waals surface area contributed by atoms with Gasteiger partial charge in [0.1, 0.15) is 11.9 Å². The zero-order chi connectivity index (χ0) is 12.8. The number of ether oxygens (including phenoxy) is 1. The Morgan fingerprint density at radius 2 is 1.67 bits per heavy atom. The highest BCUT2D eigenvalue weighted by molar-refractivity contribution is 6.17. The fourth-order valence-electron chi connectivity index (χ4n) is 1.90. The molecule has 0 amide bonds. The van der Waals surface area contributed by atoms with Crippen LogP contribution < -0.4 is 4.74 Å². The van der Waals surface area contributed by atoms with Crippen LogP contribution in [0.2, 0.25) is 0 Å². The number of benzene rings is 2. The lowest BCUT2D eigenvalue weighted by Gasteiger charge is -2.20. The van der Waals surface area contributed by atoms with Gasteiger partial charge in [0.2, 0.25) is 0 Å². The number of rotatable bonds is 5. The van der Waals surface area contributed by atoms with Gasteiger partial charge in [-0.1, -0.05) is 48.5 Å². The van der Waals surface area contributed by atoms with E-state index in [9.17, 15) is 0 Å². The predicted molar refractivity (Wildman–Crippen MR) is 76.3 cm³/mol. The normalized spacial score (nSPS) is 12.1. The largest absolute Gasteiger partial charge is 0.485 e. The van der Waals surface area contributed by atoms with E-state index in [1.165, 1.54) is 5.56 Å². The van der Waals surface area contributed by atoms with Crippen LogP contribution in [0, 0.1) is 6.92 Å². The Morgan fingerprint density at radius 1 is 1.00 bits per heavy atom. The van der Waals surface area contributed by atoms with E-state index in [0.29, 0.717) is 5.88 Å². The first-order valence-electron chi connectivity index (χ1n) is 6.14. The van der Waals surface area contributed by atoms with Crippen molar-refractivity contribution in [2.75, 3.05) is 5.88 Å². The van der Waals surface area contributed by atoms with E-state index in [1.807, 2.05) is 36.4 Å². The molecule has 0 aliphatic carbocycles. The van der Waals surface area contributed by atoms with Gasteiger partial charge in [-0.25, -0.2) is 0 Å². The first-order chi connectivity index (χ1) is 8.81. The number of para-hydroxylation sites is 1. The first-order valence-corrected chi connectivity index (χ1v) is 6.68. The fraction of sp³-hybridized carbons (Fsp3) is 0.250. The van der Waals surface area contributed by atoms with Gasteiger partial charge in [-0.2, -0.15) is 0 Å². The smallest absolute Gasteiger partial charge is 0.125 e. The van der Waals surface area contributed by atoms with Crippen molar-refractivity contribution in [2.45, 2.75) is 19.4 Å². The second-order valence-electron chi connectivity index (χ2n) is 4.26. The summed E-state index contributed by atoms with van der Waals surface area (Å²) in [7, 11) is 0. The van der Waals surface area contributed by atoms with Gasteiger partial charge in [0.15, 0.2) is 0 Å². The molecule has 2 aromatic carbocycles. The summed E-state index contributed by atoms with van der Waals surface area (Å²) in [5.41, 5.74) is 2.31. The van der Waals surface area contributed by atoms with Gasteiger partial charge < -0.3 is 4.74 Å². The van der Waals surface area contributed by atoms with E-state index in [1.54, 1.807) is 0 Å². The van der Waals surface area contributed by atoms with E-state index in [4.69, 9.17) is 16.3 Å². The molecular weight excluding hydrogens is 244 g/mol. The minimum absolute atomic E-state index is 0.0183. The molecule has 0 radical (unpaired) electrons. The molecule has 1 nitrogen and oxygen atoms in total.